The second kappa shape index (κ2) is 12.7. The summed E-state index contributed by atoms with van der Waals surface area (Å²) in [4.78, 5) is 20.1. The maximum atomic E-state index is 13.4. The fourth-order valence-electron chi connectivity index (χ4n) is 6.01. The minimum atomic E-state index is -0.0799. The average molecular weight is 537 g/mol. The number of aliphatic hydroxyl groups excluding tert-OH is 1. The maximum absolute atomic E-state index is 13.4. The Morgan fingerprint density at radius 3 is 2.27 bits per heavy atom. The van der Waals surface area contributed by atoms with Crippen molar-refractivity contribution in [3.63, 3.8) is 0 Å². The van der Waals surface area contributed by atoms with E-state index < -0.39 is 0 Å². The number of likely N-dealkylation sites (N-methyl/N-ethyl adjacent to an activating group) is 1. The van der Waals surface area contributed by atoms with Crippen molar-refractivity contribution in [1.82, 2.24) is 14.7 Å². The summed E-state index contributed by atoms with van der Waals surface area (Å²) in [7, 11) is 4.23. The zero-order valence-corrected chi connectivity index (χ0v) is 23.8. The van der Waals surface area contributed by atoms with E-state index in [1.807, 2.05) is 66.4 Å². The van der Waals surface area contributed by atoms with Crippen molar-refractivity contribution in [2.75, 3.05) is 52.2 Å². The zero-order valence-electron chi connectivity index (χ0n) is 23.8. The summed E-state index contributed by atoms with van der Waals surface area (Å²) in [6.45, 7) is 5.22. The molecule has 5 rings (SSSR count). The molecular formula is C34H40N4O2. The highest BCUT2D eigenvalue weighted by Gasteiger charge is 2.50. The Kier molecular flexibility index (Phi) is 8.86. The molecule has 2 heterocycles. The van der Waals surface area contributed by atoms with E-state index in [0.717, 1.165) is 41.9 Å². The quantitative estimate of drug-likeness (QED) is 0.467. The molecule has 0 aliphatic carbocycles. The first-order valence-corrected chi connectivity index (χ1v) is 14.2. The van der Waals surface area contributed by atoms with E-state index in [-0.39, 0.29) is 30.5 Å². The van der Waals surface area contributed by atoms with Gasteiger partial charge in [-0.1, -0.05) is 59.9 Å². The number of aliphatic hydroxyl groups is 1. The van der Waals surface area contributed by atoms with Crippen LogP contribution in [0, 0.1) is 24.7 Å². The fraction of sp³-hybridized carbons (Fsp3) is 0.382. The second-order valence-corrected chi connectivity index (χ2v) is 11.4. The van der Waals surface area contributed by atoms with E-state index in [4.69, 9.17) is 0 Å². The van der Waals surface area contributed by atoms with Gasteiger partial charge in [-0.3, -0.25) is 4.90 Å². The van der Waals surface area contributed by atoms with E-state index in [2.05, 4.69) is 65.3 Å². The van der Waals surface area contributed by atoms with Crippen molar-refractivity contribution in [3.8, 4) is 11.8 Å². The minimum absolute atomic E-state index is 0.0799. The minimum Gasteiger partial charge on any atom is -0.396 e. The maximum Gasteiger partial charge on any atom is 0.321 e. The van der Waals surface area contributed by atoms with E-state index in [1.165, 1.54) is 5.56 Å². The highest BCUT2D eigenvalue weighted by Crippen LogP contribution is 2.43. The van der Waals surface area contributed by atoms with Gasteiger partial charge in [-0.15, -0.1) is 0 Å². The molecule has 0 radical (unpaired) electrons. The van der Waals surface area contributed by atoms with Gasteiger partial charge < -0.3 is 20.2 Å². The fourth-order valence-corrected chi connectivity index (χ4v) is 6.01. The molecule has 2 saturated heterocycles. The van der Waals surface area contributed by atoms with Crippen LogP contribution in [0.4, 0.5) is 10.5 Å². The van der Waals surface area contributed by atoms with Crippen molar-refractivity contribution in [1.29, 1.82) is 0 Å². The first kappa shape index (κ1) is 27.9. The van der Waals surface area contributed by atoms with Gasteiger partial charge in [0.1, 0.15) is 0 Å². The summed E-state index contributed by atoms with van der Waals surface area (Å²) in [5.41, 5.74) is 5.23. The van der Waals surface area contributed by atoms with Crippen LogP contribution in [0.5, 0.6) is 0 Å². The summed E-state index contributed by atoms with van der Waals surface area (Å²) in [6.07, 6.45) is 0.787. The van der Waals surface area contributed by atoms with Crippen molar-refractivity contribution in [2.45, 2.75) is 31.3 Å². The van der Waals surface area contributed by atoms with Crippen LogP contribution < -0.4 is 5.32 Å². The number of carbonyl (C=O) groups is 1. The van der Waals surface area contributed by atoms with Gasteiger partial charge in [-0.25, -0.2) is 4.79 Å². The largest absolute Gasteiger partial charge is 0.396 e. The number of rotatable bonds is 5. The van der Waals surface area contributed by atoms with Gasteiger partial charge in [0.25, 0.3) is 0 Å². The first-order chi connectivity index (χ1) is 19.4. The molecule has 40 heavy (non-hydrogen) atoms. The van der Waals surface area contributed by atoms with Crippen molar-refractivity contribution < 1.29 is 9.90 Å². The average Bonchev–Trinajstić information content (AvgIpc) is 2.95. The number of benzene rings is 3. The molecule has 1 unspecified atom stereocenters. The number of urea groups is 1. The normalized spacial score (nSPS) is 22.8. The van der Waals surface area contributed by atoms with Crippen LogP contribution in [-0.2, 0) is 0 Å². The topological polar surface area (TPSA) is 59.1 Å². The molecule has 0 spiro atoms. The van der Waals surface area contributed by atoms with Crippen LogP contribution in [0.15, 0.2) is 78.9 Å². The third-order valence-electron chi connectivity index (χ3n) is 8.19. The van der Waals surface area contributed by atoms with Gasteiger partial charge in [-0.2, -0.15) is 0 Å². The molecule has 2 fully saturated rings. The molecule has 4 atom stereocenters. The number of aryl methyl sites for hydroxylation is 1. The molecule has 0 bridgehead atoms. The molecule has 6 nitrogen and oxygen atoms in total. The van der Waals surface area contributed by atoms with Crippen LogP contribution in [0.3, 0.4) is 0 Å². The van der Waals surface area contributed by atoms with Gasteiger partial charge in [-0.05, 0) is 75.3 Å². The van der Waals surface area contributed by atoms with Crippen molar-refractivity contribution in [3.05, 3.63) is 101 Å². The van der Waals surface area contributed by atoms with Crippen LogP contribution in [-0.4, -0.2) is 84.8 Å². The molecule has 6 heteroatoms. The molecule has 0 aromatic heterocycles. The predicted molar refractivity (Wildman–Crippen MR) is 161 cm³/mol. The van der Waals surface area contributed by atoms with E-state index in [9.17, 15) is 9.90 Å². The highest BCUT2D eigenvalue weighted by atomic mass is 16.3. The Hall–Kier alpha value is -3.63. The molecule has 3 aromatic carbocycles. The number of hydrogen-bond acceptors (Lipinski definition) is 4. The third-order valence-corrected chi connectivity index (χ3v) is 8.19. The molecule has 2 aliphatic rings. The number of nitrogens with zero attached hydrogens (tertiary/aromatic N) is 3. The SMILES string of the molecule is Cc1ccc(NC(=O)N2CCC(CO)CN3[C@H](CN(C)C)[C@H](c4ccc(C#Cc5ccccc5)cc4)[C@@H]3C2)cc1. The summed E-state index contributed by atoms with van der Waals surface area (Å²) >= 11 is 0. The molecule has 208 valence electrons. The lowest BCUT2D eigenvalue weighted by Gasteiger charge is -2.59. The third kappa shape index (κ3) is 6.56. The van der Waals surface area contributed by atoms with E-state index >= 15 is 0 Å². The smallest absolute Gasteiger partial charge is 0.321 e. The predicted octanol–water partition coefficient (Wildman–Crippen LogP) is 4.64. The molecule has 0 saturated carbocycles. The van der Waals surface area contributed by atoms with Crippen LogP contribution in [0.2, 0.25) is 0 Å². The monoisotopic (exact) mass is 536 g/mol. The van der Waals surface area contributed by atoms with E-state index in [0.29, 0.717) is 19.1 Å². The second-order valence-electron chi connectivity index (χ2n) is 11.4. The number of hydrogen-bond donors (Lipinski definition) is 2. The van der Waals surface area contributed by atoms with E-state index in [1.54, 1.807) is 0 Å². The standard InChI is InChI=1S/C34H40N4O2/c1-25-9-17-30(18-10-25)35-34(40)37-20-19-28(24-39)21-38-31(22-36(2)3)33(32(38)23-37)29-15-13-27(14-16-29)12-11-26-7-5-4-6-8-26/h4-10,13-18,28,31-33,39H,19-24H2,1-3H3,(H,35,40)/t28?,31-,32+,33+/m1/s1. The molecule has 2 amide bonds. The molecule has 2 N–H and O–H groups in total. The van der Waals surface area contributed by atoms with Gasteiger partial charge >= 0.3 is 6.03 Å². The first-order valence-electron chi connectivity index (χ1n) is 14.2. The Labute approximate surface area is 238 Å². The Balaban J connectivity index is 1.38. The number of fused-ring (bicyclic) bond motifs is 1. The lowest BCUT2D eigenvalue weighted by atomic mass is 9.73. The Bertz CT molecular complexity index is 1330. The van der Waals surface area contributed by atoms with Gasteiger partial charge in [0.2, 0.25) is 0 Å². The Morgan fingerprint density at radius 2 is 1.62 bits per heavy atom. The van der Waals surface area contributed by atoms with Crippen molar-refractivity contribution >= 4 is 11.7 Å². The number of carbonyl (C=O) groups excluding carboxylic acids is 1. The summed E-state index contributed by atoms with van der Waals surface area (Å²) in [5.74, 6) is 6.95. The van der Waals surface area contributed by atoms with Crippen LogP contribution in [0.25, 0.3) is 0 Å². The summed E-state index contributed by atoms with van der Waals surface area (Å²) in [5, 5.41) is 13.3. The summed E-state index contributed by atoms with van der Waals surface area (Å²) < 4.78 is 0. The summed E-state index contributed by atoms with van der Waals surface area (Å²) in [6, 6.07) is 27.0. The lowest BCUT2D eigenvalue weighted by Crippen LogP contribution is -2.70. The van der Waals surface area contributed by atoms with Crippen molar-refractivity contribution in [2.24, 2.45) is 5.92 Å². The van der Waals surface area contributed by atoms with Crippen LogP contribution >= 0.6 is 0 Å². The van der Waals surface area contributed by atoms with Gasteiger partial charge in [0.05, 0.1) is 0 Å². The van der Waals surface area contributed by atoms with Gasteiger partial charge in [0.15, 0.2) is 0 Å². The van der Waals surface area contributed by atoms with Crippen LogP contribution in [0.1, 0.15) is 34.6 Å². The number of nitrogens with one attached hydrogen (secondary N) is 1. The molecule has 2 aliphatic heterocycles. The molecular weight excluding hydrogens is 496 g/mol. The highest BCUT2D eigenvalue weighted by molar-refractivity contribution is 5.89. The zero-order chi connectivity index (χ0) is 28.1. The Morgan fingerprint density at radius 1 is 0.950 bits per heavy atom. The number of amides is 2. The molecule has 3 aromatic rings. The lowest BCUT2D eigenvalue weighted by molar-refractivity contribution is -0.0623. The van der Waals surface area contributed by atoms with Gasteiger partial charge in [0, 0.05) is 67.6 Å². The number of anilines is 1.